The zero-order valence-corrected chi connectivity index (χ0v) is 22.2. The van der Waals surface area contributed by atoms with Gasteiger partial charge < -0.3 is 24.6 Å². The van der Waals surface area contributed by atoms with Gasteiger partial charge in [0.05, 0.1) is 31.5 Å². The largest absolute Gasteiger partial charge is 0.445 e. The minimum Gasteiger partial charge on any atom is -0.445 e. The van der Waals surface area contributed by atoms with Crippen LogP contribution >= 0.6 is 23.2 Å². The predicted molar refractivity (Wildman–Crippen MR) is 143 cm³/mol. The Morgan fingerprint density at radius 1 is 1.32 bits per heavy atom. The van der Waals surface area contributed by atoms with Crippen molar-refractivity contribution >= 4 is 52.1 Å². The number of hydrogen-bond acceptors (Lipinski definition) is 8. The number of fused-ring (bicyclic) bond motifs is 1. The van der Waals surface area contributed by atoms with Crippen molar-refractivity contribution in [3.63, 3.8) is 0 Å². The Balaban J connectivity index is 1.29. The molecule has 2 atom stereocenters. The van der Waals surface area contributed by atoms with Gasteiger partial charge in [-0.2, -0.15) is 10.1 Å². The van der Waals surface area contributed by atoms with Crippen LogP contribution in [0.2, 0.25) is 10.0 Å². The van der Waals surface area contributed by atoms with Crippen LogP contribution in [0.15, 0.2) is 37.1 Å². The van der Waals surface area contributed by atoms with Crippen molar-refractivity contribution in [1.82, 2.24) is 24.6 Å². The Bertz CT molecular complexity index is 1310. The Labute approximate surface area is 225 Å². The third-order valence-electron chi connectivity index (χ3n) is 6.64. The van der Waals surface area contributed by atoms with Crippen LogP contribution in [0, 0.1) is 5.92 Å². The van der Waals surface area contributed by atoms with E-state index < -0.39 is 0 Å². The van der Waals surface area contributed by atoms with Crippen LogP contribution in [-0.2, 0) is 16.5 Å². The zero-order valence-electron chi connectivity index (χ0n) is 20.7. The number of anilines is 2. The number of aryl methyl sites for hydroxylation is 1. The maximum Gasteiger partial charge on any atom is 0.410 e. The second kappa shape index (κ2) is 10.7. The summed E-state index contributed by atoms with van der Waals surface area (Å²) in [4.78, 5) is 25.6. The molecular formula is C25H29Cl2N7O3. The van der Waals surface area contributed by atoms with E-state index >= 15 is 0 Å². The number of nitrogens with zero attached hydrogens (tertiary/aromatic N) is 6. The number of carbonyl (C=O) groups excluding carboxylic acids is 1. The smallest absolute Gasteiger partial charge is 0.410 e. The number of ether oxygens (including phenoxy) is 2. The van der Waals surface area contributed by atoms with Gasteiger partial charge in [-0.15, -0.1) is 0 Å². The quantitative estimate of drug-likeness (QED) is 0.438. The summed E-state index contributed by atoms with van der Waals surface area (Å²) in [5.74, 6) is 1.51. The van der Waals surface area contributed by atoms with Crippen molar-refractivity contribution < 1.29 is 14.3 Å². The number of amides is 1. The third kappa shape index (κ3) is 5.46. The molecule has 0 aliphatic carbocycles. The van der Waals surface area contributed by atoms with Gasteiger partial charge in [0.1, 0.15) is 12.1 Å². The topological polar surface area (TPSA) is 97.6 Å². The summed E-state index contributed by atoms with van der Waals surface area (Å²) in [6, 6.07) is 5.31. The Kier molecular flexibility index (Phi) is 7.41. The molecule has 0 unspecified atom stereocenters. The number of hydrogen-bond donors (Lipinski definition) is 1. The lowest BCUT2D eigenvalue weighted by Crippen LogP contribution is -2.58. The Morgan fingerprint density at radius 2 is 2.14 bits per heavy atom. The zero-order chi connectivity index (χ0) is 26.1. The molecule has 12 heteroatoms. The molecular weight excluding hydrogens is 517 g/mol. The molecule has 3 aromatic rings. The lowest BCUT2D eigenvalue weighted by Gasteiger charge is -2.45. The van der Waals surface area contributed by atoms with Crippen LogP contribution in [0.1, 0.15) is 18.5 Å². The fourth-order valence-electron chi connectivity index (χ4n) is 4.65. The Morgan fingerprint density at radius 3 is 2.89 bits per heavy atom. The summed E-state index contributed by atoms with van der Waals surface area (Å²) in [5.41, 5.74) is 2.34. The number of nitrogens with one attached hydrogen (secondary N) is 1. The molecule has 4 heterocycles. The van der Waals surface area contributed by atoms with E-state index in [9.17, 15) is 4.79 Å². The molecule has 37 heavy (non-hydrogen) atoms. The maximum atomic E-state index is 12.2. The highest BCUT2D eigenvalue weighted by Gasteiger charge is 2.39. The molecule has 0 spiro atoms. The predicted octanol–water partition coefficient (Wildman–Crippen LogP) is 4.30. The van der Waals surface area contributed by atoms with Crippen LogP contribution in [0.3, 0.4) is 0 Å². The Hall–Kier alpha value is -3.08. The van der Waals surface area contributed by atoms with Gasteiger partial charge in [-0.25, -0.2) is 9.78 Å². The van der Waals surface area contributed by atoms with Crippen molar-refractivity contribution in [3.8, 4) is 0 Å². The molecule has 2 aliphatic rings. The number of morpholine rings is 1. The van der Waals surface area contributed by atoms with E-state index in [-0.39, 0.29) is 30.8 Å². The van der Waals surface area contributed by atoms with Crippen LogP contribution in [0.4, 0.5) is 16.6 Å². The second-order valence-electron chi connectivity index (χ2n) is 9.33. The summed E-state index contributed by atoms with van der Waals surface area (Å²) >= 11 is 12.5. The van der Waals surface area contributed by atoms with E-state index in [0.29, 0.717) is 47.0 Å². The summed E-state index contributed by atoms with van der Waals surface area (Å²) < 4.78 is 12.9. The van der Waals surface area contributed by atoms with Gasteiger partial charge in [-0.3, -0.25) is 4.68 Å². The molecule has 196 valence electrons. The molecule has 2 fully saturated rings. The molecule has 0 bridgehead atoms. The third-order valence-corrected chi connectivity index (χ3v) is 7.21. The molecule has 2 aliphatic heterocycles. The molecule has 1 aromatic carbocycles. The van der Waals surface area contributed by atoms with Crippen LogP contribution in [0.25, 0.3) is 11.0 Å². The molecule has 1 N–H and O–H groups in total. The first-order valence-electron chi connectivity index (χ1n) is 12.1. The van der Waals surface area contributed by atoms with Crippen LogP contribution in [-0.4, -0.2) is 76.2 Å². The standard InChI is InChI=1S/C25H29Cl2N7O3/c1-4-8-37-25(35)33-7-9-36-21(14-33)16-11-34(12-16)24-29-20-13-32(3)31-22(20)23(30-24)28-15(2)18-6-5-17(26)10-19(18)27/h4-6,10,13,15-16,21H,1,7-9,11-12,14H2,2-3H3,(H,28,29,30)/t15-,21-/m1/s1. The highest BCUT2D eigenvalue weighted by Crippen LogP contribution is 2.33. The first-order valence-corrected chi connectivity index (χ1v) is 12.9. The van der Waals surface area contributed by atoms with Gasteiger partial charge in [0, 0.05) is 42.6 Å². The van der Waals surface area contributed by atoms with Gasteiger partial charge in [0.25, 0.3) is 0 Å². The highest BCUT2D eigenvalue weighted by atomic mass is 35.5. The number of benzene rings is 1. The van der Waals surface area contributed by atoms with Crippen LogP contribution in [0.5, 0.6) is 0 Å². The summed E-state index contributed by atoms with van der Waals surface area (Å²) in [5, 5.41) is 9.18. The molecule has 0 saturated carbocycles. The second-order valence-corrected chi connectivity index (χ2v) is 10.2. The van der Waals surface area contributed by atoms with Crippen molar-refractivity contribution in [2.45, 2.75) is 19.1 Å². The number of carbonyl (C=O) groups is 1. The van der Waals surface area contributed by atoms with E-state index in [2.05, 4.69) is 21.9 Å². The van der Waals surface area contributed by atoms with Crippen molar-refractivity contribution in [1.29, 1.82) is 0 Å². The van der Waals surface area contributed by atoms with E-state index in [1.165, 1.54) is 0 Å². The number of aromatic nitrogens is 4. The van der Waals surface area contributed by atoms with Gasteiger partial charge in [0.2, 0.25) is 5.95 Å². The van der Waals surface area contributed by atoms with E-state index in [1.807, 2.05) is 32.3 Å². The molecule has 10 nitrogen and oxygen atoms in total. The minimum absolute atomic E-state index is 0.0620. The number of rotatable bonds is 7. The lowest BCUT2D eigenvalue weighted by atomic mass is 9.93. The normalized spacial score (nSPS) is 19.0. The first kappa shape index (κ1) is 25.6. The summed E-state index contributed by atoms with van der Waals surface area (Å²) in [6.07, 6.45) is 3.04. The monoisotopic (exact) mass is 545 g/mol. The summed E-state index contributed by atoms with van der Waals surface area (Å²) in [6.45, 7) is 8.76. The van der Waals surface area contributed by atoms with Crippen molar-refractivity contribution in [2.75, 3.05) is 49.6 Å². The average molecular weight is 546 g/mol. The molecule has 2 aromatic heterocycles. The van der Waals surface area contributed by atoms with Gasteiger partial charge in [-0.05, 0) is 24.6 Å². The summed E-state index contributed by atoms with van der Waals surface area (Å²) in [7, 11) is 1.86. The molecule has 2 saturated heterocycles. The molecule has 0 radical (unpaired) electrons. The van der Waals surface area contributed by atoms with Gasteiger partial charge in [0.15, 0.2) is 11.3 Å². The molecule has 5 rings (SSSR count). The van der Waals surface area contributed by atoms with Crippen molar-refractivity contribution in [3.05, 3.63) is 52.7 Å². The first-order chi connectivity index (χ1) is 17.8. The fourth-order valence-corrected chi connectivity index (χ4v) is 5.22. The SMILES string of the molecule is C=CCOC(=O)N1CCO[C@@H](C2CN(c3nc(N[C@H](C)c4ccc(Cl)cc4Cl)c4nn(C)cc4n3)C2)C1. The van der Waals surface area contributed by atoms with Crippen molar-refractivity contribution in [2.24, 2.45) is 13.0 Å². The van der Waals surface area contributed by atoms with Gasteiger partial charge in [-0.1, -0.05) is 41.9 Å². The highest BCUT2D eigenvalue weighted by molar-refractivity contribution is 6.35. The minimum atomic E-state index is -0.333. The number of halogens is 2. The fraction of sp³-hybridized carbons (Fsp3) is 0.440. The average Bonchev–Trinajstić information content (AvgIpc) is 3.22. The van der Waals surface area contributed by atoms with E-state index in [0.717, 1.165) is 24.2 Å². The van der Waals surface area contributed by atoms with E-state index in [4.69, 9.17) is 42.6 Å². The maximum absolute atomic E-state index is 12.2. The van der Waals surface area contributed by atoms with E-state index in [1.54, 1.807) is 21.7 Å². The van der Waals surface area contributed by atoms with Crippen LogP contribution < -0.4 is 10.2 Å². The van der Waals surface area contributed by atoms with Gasteiger partial charge >= 0.3 is 6.09 Å². The lowest BCUT2D eigenvalue weighted by molar-refractivity contribution is -0.0588. The molecule has 1 amide bonds.